The Morgan fingerprint density at radius 1 is 0.598 bits per heavy atom. The molecule has 0 fully saturated rings. The largest absolute Gasteiger partial charge is 0.480 e. The number of nitrogens with two attached hydrogens (primary N) is 3. The number of ether oxygens (including phenoxy) is 1. The van der Waals surface area contributed by atoms with Crippen LogP contribution in [0.3, 0.4) is 0 Å². The summed E-state index contributed by atoms with van der Waals surface area (Å²) in [7, 11) is 0. The molecule has 0 bridgehead atoms. The molecule has 0 heterocycles. The minimum Gasteiger partial charge on any atom is -0.480 e. The number of hydrogen-bond acceptors (Lipinski definition) is 17. The third-order valence-electron chi connectivity index (χ3n) is 12.7. The number of aliphatic imine (C=N–C) groups is 1. The SMILES string of the molecule is CC[C@H](C)[C@H](NC(=O)[C@@H](CCCN=C(N)N)NC(=O)[C@H](CC(C)C)NC(=O)[C@@H](NC(=O)[C@@H](NC(=O)OCc1ccccc1)[C@H](N)c1ccccc1)[C@H](O)C(C)C)C(=O)N[C@H](C(=O)NCC(=O)N[C@@H](CO)C(=O)N[C@@H](CO)C(=O)O)[C@H](C)O. The van der Waals surface area contributed by atoms with Gasteiger partial charge in [0.15, 0.2) is 5.96 Å². The van der Waals surface area contributed by atoms with E-state index in [9.17, 15) is 68.4 Å². The standard InChI is InChI=1S/C53H83N13O16/c1-8-29(6)39(48(76)64-40(30(7)69)47(75)58-23-37(70)59-35(24-67)46(74)62-36(25-68)51(79)80)63-44(72)33(20-15-21-57-52(55)56)60-45(73)34(22-27(2)3)61-50(78)42(43(71)28(4)5)65-49(77)41(38(54)32-18-13-10-14-19-32)66-53(81)82-26-31-16-11-9-12-17-31/h9-14,16-19,27-30,33-36,38-43,67-69,71H,8,15,20-26,54H2,1-7H3,(H,58,75)(H,59,70)(H,60,73)(H,61,78)(H,62,74)(H,63,72)(H,64,76)(H,65,77)(H,66,81)(H,79,80)(H4,55,56,57)/t29-,30-,33+,34-,35-,36-,38+,39-,40-,41-,42-,43+/m0/s1. The first-order valence-electron chi connectivity index (χ1n) is 26.7. The summed E-state index contributed by atoms with van der Waals surface area (Å²) in [5, 5.41) is 71.4. The molecule has 2 aromatic rings. The van der Waals surface area contributed by atoms with Crippen LogP contribution in [0.1, 0.15) is 91.3 Å². The second kappa shape index (κ2) is 35.7. The Morgan fingerprint density at radius 3 is 1.65 bits per heavy atom. The summed E-state index contributed by atoms with van der Waals surface area (Å²) in [6.07, 6.45) is -4.08. The van der Waals surface area contributed by atoms with Crippen molar-refractivity contribution in [1.29, 1.82) is 0 Å². The minimum atomic E-state index is -1.76. The molecule has 12 atom stereocenters. The molecule has 0 unspecified atom stereocenters. The average Bonchev–Trinajstić information content (AvgIpc) is 3.47. The van der Waals surface area contributed by atoms with Crippen LogP contribution >= 0.6 is 0 Å². The van der Waals surface area contributed by atoms with Gasteiger partial charge in [-0.05, 0) is 55.1 Å². The number of aliphatic hydroxyl groups excluding tert-OH is 4. The van der Waals surface area contributed by atoms with Gasteiger partial charge in [0.25, 0.3) is 0 Å². The van der Waals surface area contributed by atoms with Gasteiger partial charge in [-0.25, -0.2) is 9.59 Å². The van der Waals surface area contributed by atoms with Crippen LogP contribution in [0.2, 0.25) is 0 Å². The second-order valence-electron chi connectivity index (χ2n) is 20.2. The molecule has 2 aromatic carbocycles. The highest BCUT2D eigenvalue weighted by atomic mass is 16.5. The quantitative estimate of drug-likeness (QED) is 0.0178. The van der Waals surface area contributed by atoms with E-state index >= 15 is 0 Å². The normalized spacial score (nSPS) is 15.5. The van der Waals surface area contributed by atoms with Crippen molar-refractivity contribution in [2.75, 3.05) is 26.3 Å². The summed E-state index contributed by atoms with van der Waals surface area (Å²) in [5.41, 5.74) is 18.7. The fourth-order valence-corrected chi connectivity index (χ4v) is 7.80. The molecule has 0 saturated carbocycles. The van der Waals surface area contributed by atoms with Crippen molar-refractivity contribution >= 4 is 65.3 Å². The van der Waals surface area contributed by atoms with Crippen LogP contribution in [0, 0.1) is 17.8 Å². The molecule has 82 heavy (non-hydrogen) atoms. The monoisotopic (exact) mass is 1160 g/mol. The molecule has 20 N–H and O–H groups in total. The molecule has 29 heteroatoms. The van der Waals surface area contributed by atoms with Crippen molar-refractivity contribution in [3.63, 3.8) is 0 Å². The van der Waals surface area contributed by atoms with Crippen molar-refractivity contribution in [3.8, 4) is 0 Å². The maximum absolute atomic E-state index is 14.4. The Hall–Kier alpha value is -7.99. The van der Waals surface area contributed by atoms with Gasteiger partial charge in [-0.3, -0.25) is 43.3 Å². The van der Waals surface area contributed by atoms with E-state index < -0.39 is 157 Å². The zero-order valence-corrected chi connectivity index (χ0v) is 47.1. The number of guanidine groups is 1. The van der Waals surface area contributed by atoms with Gasteiger partial charge < -0.3 is 95.3 Å². The van der Waals surface area contributed by atoms with E-state index in [1.807, 2.05) is 5.32 Å². The zero-order valence-electron chi connectivity index (χ0n) is 47.1. The lowest BCUT2D eigenvalue weighted by Gasteiger charge is -2.32. The van der Waals surface area contributed by atoms with Gasteiger partial charge in [0.2, 0.25) is 47.3 Å². The highest BCUT2D eigenvalue weighted by Gasteiger charge is 2.39. The van der Waals surface area contributed by atoms with Crippen molar-refractivity contribution in [3.05, 3.63) is 71.8 Å². The number of carbonyl (C=O) groups excluding carboxylic acids is 9. The molecule has 9 amide bonds. The van der Waals surface area contributed by atoms with Crippen LogP contribution in [0.15, 0.2) is 65.7 Å². The molecule has 456 valence electrons. The van der Waals surface area contributed by atoms with Gasteiger partial charge >= 0.3 is 12.1 Å². The summed E-state index contributed by atoms with van der Waals surface area (Å²) in [6.45, 7) is 8.00. The Bertz CT molecular complexity index is 2450. The molecule has 0 radical (unpaired) electrons. The number of nitrogens with zero attached hydrogens (tertiary/aromatic N) is 1. The first kappa shape index (κ1) is 70.1. The lowest BCUT2D eigenvalue weighted by Crippen LogP contribution is -2.63. The topological polar surface area (TPSA) is 480 Å². The van der Waals surface area contributed by atoms with Crippen molar-refractivity contribution in [1.82, 2.24) is 47.9 Å². The van der Waals surface area contributed by atoms with E-state index in [2.05, 4.69) is 47.5 Å². The van der Waals surface area contributed by atoms with Gasteiger partial charge in [0.05, 0.1) is 38.0 Å². The number of hydrogen-bond donors (Lipinski definition) is 17. The van der Waals surface area contributed by atoms with Gasteiger partial charge in [-0.2, -0.15) is 0 Å². The summed E-state index contributed by atoms with van der Waals surface area (Å²) in [4.78, 5) is 138. The van der Waals surface area contributed by atoms with Crippen molar-refractivity contribution in [2.45, 2.75) is 147 Å². The molecular formula is C53H83N13O16. The fourth-order valence-electron chi connectivity index (χ4n) is 7.80. The van der Waals surface area contributed by atoms with E-state index in [-0.39, 0.29) is 50.7 Å². The Balaban J connectivity index is 2.42. The summed E-state index contributed by atoms with van der Waals surface area (Å²) >= 11 is 0. The van der Waals surface area contributed by atoms with Crippen LogP contribution < -0.4 is 65.1 Å². The number of carboxylic acid groups (broad SMARTS) is 1. The summed E-state index contributed by atoms with van der Waals surface area (Å²) < 4.78 is 5.38. The van der Waals surface area contributed by atoms with E-state index in [1.165, 1.54) is 0 Å². The molecule has 0 aliphatic heterocycles. The second-order valence-corrected chi connectivity index (χ2v) is 20.2. The van der Waals surface area contributed by atoms with Gasteiger partial charge in [0, 0.05) is 6.54 Å². The van der Waals surface area contributed by atoms with Crippen LogP contribution in [-0.4, -0.2) is 178 Å². The summed E-state index contributed by atoms with van der Waals surface area (Å²) in [6, 6.07) is 2.89. The molecule has 0 aliphatic rings. The highest BCUT2D eigenvalue weighted by Crippen LogP contribution is 2.18. The predicted octanol–water partition coefficient (Wildman–Crippen LogP) is -3.90. The highest BCUT2D eigenvalue weighted by molar-refractivity contribution is 5.98. The van der Waals surface area contributed by atoms with E-state index in [0.717, 1.165) is 6.92 Å². The fraction of sp³-hybridized carbons (Fsp3) is 0.566. The molecule has 29 nitrogen and oxygen atoms in total. The average molecular weight is 1160 g/mol. The first-order valence-corrected chi connectivity index (χ1v) is 26.7. The number of amides is 9. The van der Waals surface area contributed by atoms with Gasteiger partial charge in [-0.1, -0.05) is 109 Å². The van der Waals surface area contributed by atoms with Crippen molar-refractivity contribution in [2.24, 2.45) is 39.9 Å². The molecular weight excluding hydrogens is 1070 g/mol. The van der Waals surface area contributed by atoms with Crippen LogP contribution in [-0.2, 0) is 54.5 Å². The lowest BCUT2D eigenvalue weighted by molar-refractivity contribution is -0.143. The third-order valence-corrected chi connectivity index (χ3v) is 12.7. The number of carboxylic acids is 1. The first-order chi connectivity index (χ1) is 38.6. The molecule has 2 rings (SSSR count). The number of benzene rings is 2. The smallest absolute Gasteiger partial charge is 0.408 e. The zero-order chi connectivity index (χ0) is 61.8. The maximum Gasteiger partial charge on any atom is 0.408 e. The van der Waals surface area contributed by atoms with Gasteiger partial charge in [-0.15, -0.1) is 0 Å². The van der Waals surface area contributed by atoms with Crippen LogP contribution in [0.25, 0.3) is 0 Å². The number of aliphatic carboxylic acids is 1. The van der Waals surface area contributed by atoms with E-state index in [0.29, 0.717) is 11.1 Å². The predicted molar refractivity (Wildman–Crippen MR) is 297 cm³/mol. The molecule has 0 spiro atoms. The number of carbonyl (C=O) groups is 10. The number of nitrogens with one attached hydrogen (secondary N) is 9. The maximum atomic E-state index is 14.4. The van der Waals surface area contributed by atoms with E-state index in [4.69, 9.17) is 27.0 Å². The molecule has 0 aliphatic carbocycles. The Morgan fingerprint density at radius 2 is 1.11 bits per heavy atom. The van der Waals surface area contributed by atoms with Crippen LogP contribution in [0.4, 0.5) is 4.79 Å². The number of aliphatic hydroxyl groups is 4. The number of rotatable bonds is 35. The van der Waals surface area contributed by atoms with Crippen LogP contribution in [0.5, 0.6) is 0 Å². The summed E-state index contributed by atoms with van der Waals surface area (Å²) in [5.74, 6) is -11.7. The van der Waals surface area contributed by atoms with E-state index in [1.54, 1.807) is 102 Å². The molecule has 0 saturated heterocycles. The van der Waals surface area contributed by atoms with Gasteiger partial charge in [0.1, 0.15) is 54.9 Å². The minimum absolute atomic E-state index is 0.0155. The number of alkyl carbamates (subject to hydrolysis) is 1. The Labute approximate surface area is 475 Å². The lowest BCUT2D eigenvalue weighted by atomic mass is 9.95. The van der Waals surface area contributed by atoms with Crippen molar-refractivity contribution < 1.29 is 78.2 Å². The molecule has 0 aromatic heterocycles. The Kier molecular flexibility index (Phi) is 30.5. The third kappa shape index (κ3) is 24.0.